The van der Waals surface area contributed by atoms with Gasteiger partial charge in [-0.15, -0.1) is 0 Å². The molecule has 1 aromatic heterocycles. The molecule has 3 aromatic carbocycles. The van der Waals surface area contributed by atoms with Gasteiger partial charge in [-0.05, 0) is 58.8 Å². The van der Waals surface area contributed by atoms with Crippen molar-refractivity contribution in [3.05, 3.63) is 95.8 Å². The van der Waals surface area contributed by atoms with Gasteiger partial charge in [0.25, 0.3) is 5.91 Å². The van der Waals surface area contributed by atoms with Crippen LogP contribution in [0.1, 0.15) is 26.3 Å². The SMILES string of the molecule is COc1cc(/C=N/NC(=O)c2cc3ccccc3cc2O)ccc1OC(=O)c1cccnc1. The molecule has 0 aliphatic heterocycles. The molecule has 0 saturated heterocycles. The number of hydrogen-bond donors (Lipinski definition) is 2. The molecule has 4 aromatic rings. The van der Waals surface area contributed by atoms with Crippen LogP contribution in [-0.4, -0.2) is 35.3 Å². The maximum Gasteiger partial charge on any atom is 0.345 e. The van der Waals surface area contributed by atoms with E-state index in [0.717, 1.165) is 10.8 Å². The van der Waals surface area contributed by atoms with Crippen LogP contribution in [0, 0.1) is 0 Å². The van der Waals surface area contributed by atoms with E-state index >= 15 is 0 Å². The molecule has 0 spiro atoms. The third-order valence-electron chi connectivity index (χ3n) is 4.78. The summed E-state index contributed by atoms with van der Waals surface area (Å²) < 4.78 is 10.7. The Balaban J connectivity index is 1.45. The highest BCUT2D eigenvalue weighted by atomic mass is 16.6. The second-order valence-electron chi connectivity index (χ2n) is 6.96. The lowest BCUT2D eigenvalue weighted by Crippen LogP contribution is -2.17. The van der Waals surface area contributed by atoms with E-state index in [1.807, 2.05) is 24.3 Å². The normalized spacial score (nSPS) is 10.8. The first kappa shape index (κ1) is 21.5. The number of methoxy groups -OCH3 is 1. The van der Waals surface area contributed by atoms with Crippen molar-refractivity contribution in [3.63, 3.8) is 0 Å². The second kappa shape index (κ2) is 9.61. The predicted molar refractivity (Wildman–Crippen MR) is 123 cm³/mol. The van der Waals surface area contributed by atoms with Crippen molar-refractivity contribution in [1.82, 2.24) is 10.4 Å². The highest BCUT2D eigenvalue weighted by Crippen LogP contribution is 2.28. The number of pyridine rings is 1. The third-order valence-corrected chi connectivity index (χ3v) is 4.78. The Morgan fingerprint density at radius 1 is 1.00 bits per heavy atom. The minimum absolute atomic E-state index is 0.112. The first-order chi connectivity index (χ1) is 16.0. The zero-order valence-corrected chi connectivity index (χ0v) is 17.6. The molecule has 0 radical (unpaired) electrons. The standard InChI is InChI=1S/C25H19N3O5/c1-32-23-11-16(8-9-22(23)33-25(31)19-7-4-10-26-15-19)14-27-28-24(30)20-12-17-5-2-3-6-18(17)13-21(20)29/h2-15,29H,1H3,(H,28,30)/b27-14+. The molecule has 0 unspecified atom stereocenters. The van der Waals surface area contributed by atoms with Crippen molar-refractivity contribution in [2.75, 3.05) is 7.11 Å². The molecule has 8 heteroatoms. The van der Waals surface area contributed by atoms with E-state index in [1.54, 1.807) is 42.6 Å². The monoisotopic (exact) mass is 441 g/mol. The summed E-state index contributed by atoms with van der Waals surface area (Å²) in [4.78, 5) is 28.6. The molecule has 0 aliphatic carbocycles. The summed E-state index contributed by atoms with van der Waals surface area (Å²) in [7, 11) is 1.45. The van der Waals surface area contributed by atoms with Crippen LogP contribution in [-0.2, 0) is 0 Å². The van der Waals surface area contributed by atoms with Crippen LogP contribution in [0.25, 0.3) is 10.8 Å². The van der Waals surface area contributed by atoms with Crippen LogP contribution in [0.4, 0.5) is 0 Å². The fourth-order valence-electron chi connectivity index (χ4n) is 3.13. The first-order valence-electron chi connectivity index (χ1n) is 9.90. The number of phenolic OH excluding ortho intramolecular Hbond substituents is 1. The van der Waals surface area contributed by atoms with Crippen LogP contribution < -0.4 is 14.9 Å². The Hall–Kier alpha value is -4.72. The molecule has 0 bridgehead atoms. The number of esters is 1. The zero-order chi connectivity index (χ0) is 23.2. The highest BCUT2D eigenvalue weighted by molar-refractivity contribution is 6.01. The number of benzene rings is 3. The molecule has 0 atom stereocenters. The number of aromatic nitrogens is 1. The first-order valence-corrected chi connectivity index (χ1v) is 9.90. The van der Waals surface area contributed by atoms with Gasteiger partial charge >= 0.3 is 5.97 Å². The Labute approximate surface area is 189 Å². The van der Waals surface area contributed by atoms with E-state index in [4.69, 9.17) is 9.47 Å². The van der Waals surface area contributed by atoms with Crippen molar-refractivity contribution in [3.8, 4) is 17.2 Å². The number of hydrazone groups is 1. The minimum Gasteiger partial charge on any atom is -0.507 e. The number of nitrogens with one attached hydrogen (secondary N) is 1. The average Bonchev–Trinajstić information content (AvgIpc) is 2.84. The number of amides is 1. The van der Waals surface area contributed by atoms with Crippen LogP contribution in [0.15, 0.2) is 84.2 Å². The smallest absolute Gasteiger partial charge is 0.345 e. The van der Waals surface area contributed by atoms with Crippen molar-refractivity contribution in [2.45, 2.75) is 0 Å². The summed E-state index contributed by atoms with van der Waals surface area (Å²) in [6, 6.07) is 18.6. The quantitative estimate of drug-likeness (QED) is 0.203. The maximum atomic E-state index is 12.5. The Kier molecular flexibility index (Phi) is 6.26. The summed E-state index contributed by atoms with van der Waals surface area (Å²) in [6.07, 6.45) is 4.38. The fourth-order valence-corrected chi connectivity index (χ4v) is 3.13. The number of carbonyl (C=O) groups excluding carboxylic acids is 2. The molecular formula is C25H19N3O5. The summed E-state index contributed by atoms with van der Waals surface area (Å²) in [5, 5.41) is 15.8. The summed E-state index contributed by atoms with van der Waals surface area (Å²) in [6.45, 7) is 0. The Morgan fingerprint density at radius 3 is 2.52 bits per heavy atom. The molecule has 2 N–H and O–H groups in total. The van der Waals surface area contributed by atoms with Gasteiger partial charge < -0.3 is 14.6 Å². The number of rotatable bonds is 6. The largest absolute Gasteiger partial charge is 0.507 e. The summed E-state index contributed by atoms with van der Waals surface area (Å²) in [5.74, 6) is -0.708. The van der Waals surface area contributed by atoms with Gasteiger partial charge in [0.05, 0.1) is 24.5 Å². The summed E-state index contributed by atoms with van der Waals surface area (Å²) in [5.41, 5.74) is 3.41. The van der Waals surface area contributed by atoms with Gasteiger partial charge in [-0.3, -0.25) is 9.78 Å². The van der Waals surface area contributed by atoms with Crippen LogP contribution >= 0.6 is 0 Å². The van der Waals surface area contributed by atoms with E-state index in [0.29, 0.717) is 16.9 Å². The van der Waals surface area contributed by atoms with Crippen LogP contribution in [0.2, 0.25) is 0 Å². The molecule has 0 aliphatic rings. The molecule has 4 rings (SSSR count). The van der Waals surface area contributed by atoms with Gasteiger partial charge in [0.15, 0.2) is 11.5 Å². The number of aromatic hydroxyl groups is 1. The van der Waals surface area contributed by atoms with Crippen molar-refractivity contribution < 1.29 is 24.2 Å². The Morgan fingerprint density at radius 2 is 1.79 bits per heavy atom. The number of hydrogen-bond acceptors (Lipinski definition) is 7. The van der Waals surface area contributed by atoms with Crippen molar-refractivity contribution >= 4 is 28.9 Å². The number of carbonyl (C=O) groups is 2. The fraction of sp³-hybridized carbons (Fsp3) is 0.0400. The van der Waals surface area contributed by atoms with Crippen molar-refractivity contribution in [2.24, 2.45) is 5.10 Å². The lowest BCUT2D eigenvalue weighted by atomic mass is 10.1. The van der Waals surface area contributed by atoms with Gasteiger partial charge in [0, 0.05) is 12.4 Å². The molecule has 33 heavy (non-hydrogen) atoms. The van der Waals surface area contributed by atoms with Gasteiger partial charge in [0.1, 0.15) is 5.75 Å². The number of ether oxygens (including phenoxy) is 2. The number of nitrogens with zero attached hydrogens (tertiary/aromatic N) is 2. The van der Waals surface area contributed by atoms with E-state index in [1.165, 1.54) is 25.6 Å². The number of phenols is 1. The predicted octanol–water partition coefficient (Wildman–Crippen LogP) is 3.93. The molecule has 0 saturated carbocycles. The minimum atomic E-state index is -0.565. The average molecular weight is 441 g/mol. The lowest BCUT2D eigenvalue weighted by molar-refractivity contribution is 0.0729. The van der Waals surface area contributed by atoms with Gasteiger partial charge in [-0.25, -0.2) is 10.2 Å². The van der Waals surface area contributed by atoms with Crippen LogP contribution in [0.5, 0.6) is 17.2 Å². The van der Waals surface area contributed by atoms with E-state index in [2.05, 4.69) is 15.5 Å². The molecule has 1 heterocycles. The second-order valence-corrected chi connectivity index (χ2v) is 6.96. The maximum absolute atomic E-state index is 12.5. The molecule has 164 valence electrons. The topological polar surface area (TPSA) is 110 Å². The third kappa shape index (κ3) is 4.96. The van der Waals surface area contributed by atoms with Gasteiger partial charge in [-0.2, -0.15) is 5.10 Å². The molecule has 8 nitrogen and oxygen atoms in total. The molecule has 0 fully saturated rings. The van der Waals surface area contributed by atoms with E-state index in [9.17, 15) is 14.7 Å². The lowest BCUT2D eigenvalue weighted by Gasteiger charge is -2.10. The van der Waals surface area contributed by atoms with Crippen LogP contribution in [0.3, 0.4) is 0 Å². The van der Waals surface area contributed by atoms with Crippen molar-refractivity contribution in [1.29, 1.82) is 0 Å². The van der Waals surface area contributed by atoms with Gasteiger partial charge in [0.2, 0.25) is 0 Å². The number of fused-ring (bicyclic) bond motifs is 1. The van der Waals surface area contributed by atoms with Gasteiger partial charge in [-0.1, -0.05) is 24.3 Å². The molecule has 1 amide bonds. The highest BCUT2D eigenvalue weighted by Gasteiger charge is 2.14. The zero-order valence-electron chi connectivity index (χ0n) is 17.6. The van der Waals surface area contributed by atoms with E-state index in [-0.39, 0.29) is 17.1 Å². The Bertz CT molecular complexity index is 1350. The van der Waals surface area contributed by atoms with E-state index < -0.39 is 11.9 Å². The summed E-state index contributed by atoms with van der Waals surface area (Å²) >= 11 is 0. The molecular weight excluding hydrogens is 422 g/mol.